The molecular weight excluding hydrogens is 504 g/mol. The van der Waals surface area contributed by atoms with Gasteiger partial charge >= 0.3 is 0 Å². The first-order chi connectivity index (χ1) is 18.8. The van der Waals surface area contributed by atoms with Crippen molar-refractivity contribution in [2.45, 2.75) is 128 Å². The van der Waals surface area contributed by atoms with Crippen molar-refractivity contribution in [3.63, 3.8) is 0 Å². The highest BCUT2D eigenvalue weighted by Crippen LogP contribution is 2.29. The zero-order valence-corrected chi connectivity index (χ0v) is 28.9. The minimum atomic E-state index is -0.196. The van der Waals surface area contributed by atoms with E-state index in [1.807, 2.05) is 83.1 Å². The van der Waals surface area contributed by atoms with Crippen LogP contribution in [0.5, 0.6) is 0 Å². The van der Waals surface area contributed by atoms with Crippen LogP contribution in [0.4, 0.5) is 0 Å². The Balaban J connectivity index is 0. The molecule has 0 radical (unpaired) electrons. The molecule has 0 aliphatic carbocycles. The van der Waals surface area contributed by atoms with Gasteiger partial charge in [-0.2, -0.15) is 0 Å². The van der Waals surface area contributed by atoms with Gasteiger partial charge in [0, 0.05) is 35.5 Å². The number of benzene rings is 2. The third kappa shape index (κ3) is 19.2. The van der Waals surface area contributed by atoms with Crippen molar-refractivity contribution < 1.29 is 14.4 Å². The summed E-state index contributed by atoms with van der Waals surface area (Å²) >= 11 is 0. The first-order valence-corrected chi connectivity index (χ1v) is 15.5. The average molecular weight is 567 g/mol. The van der Waals surface area contributed by atoms with E-state index in [0.29, 0.717) is 42.0 Å². The average Bonchev–Trinajstić information content (AvgIpc) is 2.92. The number of ketones is 3. The molecule has 0 fully saturated rings. The molecule has 41 heavy (non-hydrogen) atoms. The largest absolute Gasteiger partial charge is 0.300 e. The van der Waals surface area contributed by atoms with E-state index in [4.69, 9.17) is 0 Å². The zero-order valence-electron chi connectivity index (χ0n) is 28.9. The Kier molecular flexibility index (Phi) is 20.1. The van der Waals surface area contributed by atoms with Crippen molar-refractivity contribution >= 4 is 17.3 Å². The van der Waals surface area contributed by atoms with Gasteiger partial charge in [0.25, 0.3) is 0 Å². The highest BCUT2D eigenvalue weighted by atomic mass is 16.1. The van der Waals surface area contributed by atoms with Gasteiger partial charge in [-0.3, -0.25) is 14.4 Å². The molecule has 2 aromatic rings. The molecule has 0 heterocycles. The molecule has 3 nitrogen and oxygen atoms in total. The van der Waals surface area contributed by atoms with E-state index >= 15 is 0 Å². The van der Waals surface area contributed by atoms with E-state index in [2.05, 4.69) is 74.5 Å². The van der Waals surface area contributed by atoms with Gasteiger partial charge in [0.2, 0.25) is 0 Å². The highest BCUT2D eigenvalue weighted by Gasteiger charge is 2.31. The minimum Gasteiger partial charge on any atom is -0.300 e. The summed E-state index contributed by atoms with van der Waals surface area (Å²) in [5.74, 6) is 2.66. The Hall–Kier alpha value is -2.55. The van der Waals surface area contributed by atoms with E-state index in [0.717, 1.165) is 0 Å². The normalized spacial score (nSPS) is 12.5. The Labute approximate surface area is 253 Å². The molecule has 2 rings (SSSR count). The van der Waals surface area contributed by atoms with E-state index in [1.54, 1.807) is 0 Å². The van der Waals surface area contributed by atoms with Crippen molar-refractivity contribution in [3.05, 3.63) is 71.8 Å². The Morgan fingerprint density at radius 2 is 0.854 bits per heavy atom. The summed E-state index contributed by atoms with van der Waals surface area (Å²) in [4.78, 5) is 32.5. The molecule has 0 N–H and O–H groups in total. The second-order valence-electron chi connectivity index (χ2n) is 13.6. The van der Waals surface area contributed by atoms with E-state index < -0.39 is 0 Å². The molecule has 0 amide bonds. The first kappa shape index (κ1) is 40.6. The molecule has 0 saturated carbocycles. The summed E-state index contributed by atoms with van der Waals surface area (Å²) in [7, 11) is 0. The lowest BCUT2D eigenvalue weighted by molar-refractivity contribution is -0.134. The second kappa shape index (κ2) is 20.3. The number of carbonyl (C=O) groups excluding carboxylic acids is 3. The summed E-state index contributed by atoms with van der Waals surface area (Å²) < 4.78 is 0. The summed E-state index contributed by atoms with van der Waals surface area (Å²) in [6.45, 7) is 27.9. The van der Waals surface area contributed by atoms with Gasteiger partial charge in [0.15, 0.2) is 0 Å². The zero-order chi connectivity index (χ0) is 32.4. The fraction of sp³-hybridized carbons (Fsp3) is 0.605. The van der Waals surface area contributed by atoms with E-state index in [-0.39, 0.29) is 22.7 Å². The third-order valence-electron chi connectivity index (χ3n) is 6.73. The van der Waals surface area contributed by atoms with E-state index in [9.17, 15) is 14.4 Å². The molecule has 0 bridgehead atoms. The van der Waals surface area contributed by atoms with Crippen molar-refractivity contribution in [3.8, 4) is 0 Å². The molecule has 0 aliphatic heterocycles. The standard InChI is InChI=1S/C17H20.C9H18O.C7H14O.C5H10O/c1-14(16-9-5-3-6-10-16)13-15(2)17-11-7-4-8-12-17;1-8(2,3)7(10)9(4,5)6;1-5(2)7(8)6(3)4;1-3-5(6)4-2/h3-12,14-15H,13H2,1-2H3;1-6H3;5-6H,1-4H3;3-4H2,1-2H3. The van der Waals surface area contributed by atoms with Crippen molar-refractivity contribution in [2.24, 2.45) is 22.7 Å². The van der Waals surface area contributed by atoms with Gasteiger partial charge in [-0.1, -0.05) is 158 Å². The molecule has 232 valence electrons. The molecular formula is C38H62O3. The lowest BCUT2D eigenvalue weighted by atomic mass is 9.76. The Morgan fingerprint density at radius 3 is 1.00 bits per heavy atom. The van der Waals surface area contributed by atoms with Crippen LogP contribution in [0.1, 0.15) is 139 Å². The lowest BCUT2D eigenvalue weighted by Crippen LogP contribution is -2.32. The van der Waals surface area contributed by atoms with Crippen LogP contribution >= 0.6 is 0 Å². The number of hydrogen-bond acceptors (Lipinski definition) is 3. The maximum absolute atomic E-state index is 11.5. The number of Topliss-reactive ketones (excluding diaryl/α,β-unsaturated/α-hetero) is 3. The van der Waals surface area contributed by atoms with Gasteiger partial charge in [-0.15, -0.1) is 0 Å². The fourth-order valence-corrected chi connectivity index (χ4v) is 4.41. The van der Waals surface area contributed by atoms with Crippen molar-refractivity contribution in [1.29, 1.82) is 0 Å². The number of rotatable bonds is 8. The molecule has 0 saturated heterocycles. The Morgan fingerprint density at radius 1 is 0.561 bits per heavy atom. The van der Waals surface area contributed by atoms with Crippen LogP contribution in [0, 0.1) is 22.7 Å². The monoisotopic (exact) mass is 566 g/mol. The second-order valence-corrected chi connectivity index (χ2v) is 13.6. The molecule has 0 aromatic heterocycles. The maximum atomic E-state index is 11.5. The quantitative estimate of drug-likeness (QED) is 0.319. The SMILES string of the molecule is CC(C)(C)C(=O)C(C)(C)C.CC(C)C(=O)C(C)C.CC(CC(C)c1ccccc1)c1ccccc1.CCC(=O)CC. The van der Waals surface area contributed by atoms with Crippen LogP contribution in [0.3, 0.4) is 0 Å². The van der Waals surface area contributed by atoms with Crippen LogP contribution in [0.15, 0.2) is 60.7 Å². The van der Waals surface area contributed by atoms with Crippen LogP contribution < -0.4 is 0 Å². The van der Waals surface area contributed by atoms with Crippen molar-refractivity contribution in [2.75, 3.05) is 0 Å². The predicted octanol–water partition coefficient (Wildman–Crippen LogP) is 10.9. The van der Waals surface area contributed by atoms with Gasteiger partial charge in [0.1, 0.15) is 17.3 Å². The van der Waals surface area contributed by atoms with Gasteiger partial charge < -0.3 is 0 Å². The maximum Gasteiger partial charge on any atom is 0.143 e. The lowest BCUT2D eigenvalue weighted by Gasteiger charge is -2.26. The highest BCUT2D eigenvalue weighted by molar-refractivity contribution is 5.88. The molecule has 2 atom stereocenters. The van der Waals surface area contributed by atoms with Crippen LogP contribution in [-0.4, -0.2) is 17.3 Å². The van der Waals surface area contributed by atoms with Crippen LogP contribution in [-0.2, 0) is 14.4 Å². The van der Waals surface area contributed by atoms with Crippen molar-refractivity contribution in [1.82, 2.24) is 0 Å². The van der Waals surface area contributed by atoms with Gasteiger partial charge in [-0.25, -0.2) is 0 Å². The smallest absolute Gasteiger partial charge is 0.143 e. The predicted molar refractivity (Wildman–Crippen MR) is 179 cm³/mol. The molecule has 2 aromatic carbocycles. The topological polar surface area (TPSA) is 51.2 Å². The summed E-state index contributed by atoms with van der Waals surface area (Å²) in [5.41, 5.74) is 2.49. The van der Waals surface area contributed by atoms with Crippen LogP contribution in [0.2, 0.25) is 0 Å². The van der Waals surface area contributed by atoms with Crippen LogP contribution in [0.25, 0.3) is 0 Å². The Bertz CT molecular complexity index is 898. The number of hydrogen-bond donors (Lipinski definition) is 0. The van der Waals surface area contributed by atoms with Gasteiger partial charge in [0.05, 0.1) is 0 Å². The molecule has 0 aliphatic rings. The summed E-state index contributed by atoms with van der Waals surface area (Å²) in [6.07, 6.45) is 2.58. The number of carbonyl (C=O) groups is 3. The third-order valence-corrected chi connectivity index (χ3v) is 6.73. The fourth-order valence-electron chi connectivity index (χ4n) is 4.41. The molecule has 3 heteroatoms. The summed E-state index contributed by atoms with van der Waals surface area (Å²) in [6, 6.07) is 21.6. The van der Waals surface area contributed by atoms with Gasteiger partial charge in [-0.05, 0) is 29.4 Å². The summed E-state index contributed by atoms with van der Waals surface area (Å²) in [5, 5.41) is 0. The first-order valence-electron chi connectivity index (χ1n) is 15.5. The van der Waals surface area contributed by atoms with E-state index in [1.165, 1.54) is 17.5 Å². The molecule has 2 unspecified atom stereocenters. The molecule has 0 spiro atoms. The minimum absolute atomic E-state index is 0.196.